The van der Waals surface area contributed by atoms with Crippen molar-refractivity contribution in [2.24, 2.45) is 0 Å². The Balaban J connectivity index is 1.92. The van der Waals surface area contributed by atoms with Crippen molar-refractivity contribution in [1.82, 2.24) is 0 Å². The summed E-state index contributed by atoms with van der Waals surface area (Å²) in [4.78, 5) is 21.6. The van der Waals surface area contributed by atoms with Crippen molar-refractivity contribution in [3.63, 3.8) is 0 Å². The van der Waals surface area contributed by atoms with E-state index in [4.69, 9.17) is 0 Å². The first-order valence-corrected chi connectivity index (χ1v) is 9.21. The van der Waals surface area contributed by atoms with Crippen LogP contribution in [0.15, 0.2) is 97.1 Å². The van der Waals surface area contributed by atoms with Gasteiger partial charge in [0.2, 0.25) is 0 Å². The molecule has 0 radical (unpaired) electrons. The normalized spacial score (nSPS) is 10.5. The Bertz CT molecular complexity index is 1180. The lowest BCUT2D eigenvalue weighted by Crippen LogP contribution is -1.91. The minimum Gasteiger partial charge on any atom is -0.258 e. The molecule has 0 saturated carbocycles. The van der Waals surface area contributed by atoms with Crippen LogP contribution in [0.1, 0.15) is 0 Å². The predicted molar refractivity (Wildman–Crippen MR) is 116 cm³/mol. The van der Waals surface area contributed by atoms with Gasteiger partial charge >= 0.3 is 0 Å². The molecule has 146 valence electrons. The third-order valence-corrected chi connectivity index (χ3v) is 4.82. The molecule has 30 heavy (non-hydrogen) atoms. The molecule has 0 aromatic heterocycles. The van der Waals surface area contributed by atoms with Gasteiger partial charge in [0.05, 0.1) is 9.85 Å². The van der Waals surface area contributed by atoms with Gasteiger partial charge in [-0.25, -0.2) is 0 Å². The Labute approximate surface area is 172 Å². The van der Waals surface area contributed by atoms with Crippen molar-refractivity contribution in [2.45, 2.75) is 0 Å². The fraction of sp³-hybridized carbons (Fsp3) is 0. The zero-order chi connectivity index (χ0) is 21.1. The molecule has 0 atom stereocenters. The Hall–Kier alpha value is -4.32. The van der Waals surface area contributed by atoms with Gasteiger partial charge in [0.1, 0.15) is 0 Å². The fourth-order valence-corrected chi connectivity index (χ4v) is 3.36. The van der Waals surface area contributed by atoms with Gasteiger partial charge in [-0.2, -0.15) is 0 Å². The monoisotopic (exact) mass is 396 g/mol. The first-order chi connectivity index (χ1) is 14.5. The van der Waals surface area contributed by atoms with Gasteiger partial charge in [-0.1, -0.05) is 54.6 Å². The number of nitro benzene ring substituents is 2. The van der Waals surface area contributed by atoms with E-state index >= 15 is 0 Å². The first kappa shape index (κ1) is 19.0. The molecule has 0 bridgehead atoms. The van der Waals surface area contributed by atoms with E-state index in [0.717, 1.165) is 22.3 Å². The second kappa shape index (κ2) is 7.97. The second-order valence-corrected chi connectivity index (χ2v) is 6.78. The van der Waals surface area contributed by atoms with E-state index in [9.17, 15) is 20.2 Å². The summed E-state index contributed by atoms with van der Waals surface area (Å²) in [5, 5.41) is 22.4. The quantitative estimate of drug-likeness (QED) is 0.284. The average molecular weight is 396 g/mol. The molecule has 6 heteroatoms. The summed E-state index contributed by atoms with van der Waals surface area (Å²) >= 11 is 0. The van der Waals surface area contributed by atoms with Crippen molar-refractivity contribution in [2.75, 3.05) is 0 Å². The molecule has 0 amide bonds. The molecule has 0 N–H and O–H groups in total. The summed E-state index contributed by atoms with van der Waals surface area (Å²) in [5.74, 6) is 0. The maximum atomic E-state index is 11.2. The standard InChI is InChI=1S/C24H16N2O4/c27-25(28)23-10-4-8-18(15-23)21-12-20(17-6-2-1-3-7-17)13-22(14-21)19-9-5-11-24(16-19)26(29)30/h1-16H. The number of nitro groups is 2. The Kier molecular flexibility index (Phi) is 5.05. The molecule has 4 aromatic rings. The minimum absolute atomic E-state index is 0.00881. The van der Waals surface area contributed by atoms with Crippen molar-refractivity contribution in [3.8, 4) is 33.4 Å². The van der Waals surface area contributed by atoms with E-state index in [-0.39, 0.29) is 11.4 Å². The first-order valence-electron chi connectivity index (χ1n) is 9.21. The number of benzene rings is 4. The van der Waals surface area contributed by atoms with E-state index in [2.05, 4.69) is 0 Å². The number of hydrogen-bond donors (Lipinski definition) is 0. The van der Waals surface area contributed by atoms with Gasteiger partial charge in [-0.15, -0.1) is 0 Å². The fourth-order valence-electron chi connectivity index (χ4n) is 3.36. The summed E-state index contributed by atoms with van der Waals surface area (Å²) in [6.07, 6.45) is 0. The number of non-ortho nitro benzene ring substituents is 2. The van der Waals surface area contributed by atoms with Gasteiger partial charge in [-0.05, 0) is 51.6 Å². The van der Waals surface area contributed by atoms with E-state index in [0.29, 0.717) is 11.1 Å². The van der Waals surface area contributed by atoms with Gasteiger partial charge in [0.25, 0.3) is 11.4 Å². The molecular formula is C24H16N2O4. The van der Waals surface area contributed by atoms with Crippen LogP contribution in [-0.2, 0) is 0 Å². The summed E-state index contributed by atoms with van der Waals surface area (Å²) in [7, 11) is 0. The number of rotatable bonds is 5. The highest BCUT2D eigenvalue weighted by atomic mass is 16.6. The van der Waals surface area contributed by atoms with Crippen LogP contribution in [0, 0.1) is 20.2 Å². The molecule has 4 aromatic carbocycles. The topological polar surface area (TPSA) is 86.3 Å². The van der Waals surface area contributed by atoms with Gasteiger partial charge in [0, 0.05) is 24.3 Å². The maximum absolute atomic E-state index is 11.2. The van der Waals surface area contributed by atoms with Crippen molar-refractivity contribution < 1.29 is 9.85 Å². The summed E-state index contributed by atoms with van der Waals surface area (Å²) in [6.45, 7) is 0. The highest BCUT2D eigenvalue weighted by Gasteiger charge is 2.12. The molecular weight excluding hydrogens is 380 g/mol. The Morgan fingerprint density at radius 1 is 0.433 bits per heavy atom. The van der Waals surface area contributed by atoms with Gasteiger partial charge < -0.3 is 0 Å². The van der Waals surface area contributed by atoms with Crippen LogP contribution in [0.5, 0.6) is 0 Å². The van der Waals surface area contributed by atoms with E-state index in [1.807, 2.05) is 60.7 Å². The van der Waals surface area contributed by atoms with Crippen LogP contribution < -0.4 is 0 Å². The predicted octanol–water partition coefficient (Wildman–Crippen LogP) is 6.50. The molecule has 0 aliphatic carbocycles. The molecule has 0 unspecified atom stereocenters. The lowest BCUT2D eigenvalue weighted by atomic mass is 9.93. The maximum Gasteiger partial charge on any atom is 0.270 e. The summed E-state index contributed by atoms with van der Waals surface area (Å²) in [6, 6.07) is 28.5. The third-order valence-electron chi connectivity index (χ3n) is 4.82. The van der Waals surface area contributed by atoms with Crippen LogP contribution in [0.25, 0.3) is 33.4 Å². The molecule has 0 aliphatic rings. The van der Waals surface area contributed by atoms with Gasteiger partial charge in [0.15, 0.2) is 0 Å². The number of hydrogen-bond acceptors (Lipinski definition) is 4. The lowest BCUT2D eigenvalue weighted by Gasteiger charge is -2.11. The van der Waals surface area contributed by atoms with Crippen molar-refractivity contribution in [3.05, 3.63) is 117 Å². The van der Waals surface area contributed by atoms with E-state index in [1.165, 1.54) is 24.3 Å². The summed E-state index contributed by atoms with van der Waals surface area (Å²) < 4.78 is 0. The van der Waals surface area contributed by atoms with Crippen molar-refractivity contribution in [1.29, 1.82) is 0 Å². The molecule has 0 fully saturated rings. The molecule has 6 nitrogen and oxygen atoms in total. The molecule has 0 spiro atoms. The highest BCUT2D eigenvalue weighted by molar-refractivity contribution is 5.82. The van der Waals surface area contributed by atoms with Crippen LogP contribution in [-0.4, -0.2) is 9.85 Å². The second-order valence-electron chi connectivity index (χ2n) is 6.78. The SMILES string of the molecule is O=[N+]([O-])c1cccc(-c2cc(-c3ccccc3)cc(-c3cccc([N+](=O)[O-])c3)c2)c1. The average Bonchev–Trinajstić information content (AvgIpc) is 2.79. The molecule has 4 rings (SSSR count). The minimum atomic E-state index is -0.425. The highest BCUT2D eigenvalue weighted by Crippen LogP contribution is 2.34. The number of nitrogens with zero attached hydrogens (tertiary/aromatic N) is 2. The van der Waals surface area contributed by atoms with Gasteiger partial charge in [-0.3, -0.25) is 20.2 Å². The van der Waals surface area contributed by atoms with Crippen LogP contribution >= 0.6 is 0 Å². The zero-order valence-corrected chi connectivity index (χ0v) is 15.8. The zero-order valence-electron chi connectivity index (χ0n) is 15.8. The largest absolute Gasteiger partial charge is 0.270 e. The van der Waals surface area contributed by atoms with Crippen molar-refractivity contribution >= 4 is 11.4 Å². The molecule has 0 aliphatic heterocycles. The molecule has 0 saturated heterocycles. The Morgan fingerprint density at radius 2 is 0.833 bits per heavy atom. The smallest absolute Gasteiger partial charge is 0.258 e. The van der Waals surface area contributed by atoms with E-state index in [1.54, 1.807) is 12.1 Å². The lowest BCUT2D eigenvalue weighted by molar-refractivity contribution is -0.385. The van der Waals surface area contributed by atoms with Crippen LogP contribution in [0.2, 0.25) is 0 Å². The molecule has 0 heterocycles. The summed E-state index contributed by atoms with van der Waals surface area (Å²) in [5.41, 5.74) is 4.91. The Morgan fingerprint density at radius 3 is 1.27 bits per heavy atom. The van der Waals surface area contributed by atoms with Crippen LogP contribution in [0.3, 0.4) is 0 Å². The van der Waals surface area contributed by atoms with E-state index < -0.39 is 9.85 Å². The third kappa shape index (κ3) is 3.93. The van der Waals surface area contributed by atoms with Crippen LogP contribution in [0.4, 0.5) is 11.4 Å².